The molecule has 0 unspecified atom stereocenters. The zero-order chi connectivity index (χ0) is 19.1. The highest BCUT2D eigenvalue weighted by Gasteiger charge is 2.06. The Morgan fingerprint density at radius 2 is 1.82 bits per heavy atom. The molecular formula is C19H26IN5S3. The number of aryl methyl sites for hydroxylation is 2. The van der Waals surface area contributed by atoms with Gasteiger partial charge in [0.05, 0.1) is 26.3 Å². The standard InChI is InChI=1S/C19H25N5S3.HI/c1-4-20-19(21-9-7-15-11-25-13(2)23-15)22-10-8-16-5-6-18(27-16)17-12-26-14(3)24-17;/h5-6,11-12H,4,7-10H2,1-3H3,(H2,20,21,22);1H. The first-order valence-corrected chi connectivity index (χ1v) is 11.7. The summed E-state index contributed by atoms with van der Waals surface area (Å²) in [6.45, 7) is 8.62. The Kier molecular flexibility index (Phi) is 9.83. The highest BCUT2D eigenvalue weighted by molar-refractivity contribution is 14.0. The molecular weight excluding hydrogens is 521 g/mol. The van der Waals surface area contributed by atoms with E-state index in [1.165, 1.54) is 9.75 Å². The van der Waals surface area contributed by atoms with Gasteiger partial charge < -0.3 is 10.6 Å². The quantitative estimate of drug-likeness (QED) is 0.239. The second-order valence-electron chi connectivity index (χ2n) is 6.06. The molecule has 0 aliphatic rings. The number of thiophene rings is 1. The average Bonchev–Trinajstić information content (AvgIpc) is 3.36. The molecule has 152 valence electrons. The lowest BCUT2D eigenvalue weighted by Crippen LogP contribution is -2.38. The van der Waals surface area contributed by atoms with Crippen molar-refractivity contribution in [1.82, 2.24) is 20.6 Å². The smallest absolute Gasteiger partial charge is 0.191 e. The Morgan fingerprint density at radius 3 is 2.50 bits per heavy atom. The lowest BCUT2D eigenvalue weighted by atomic mass is 10.3. The van der Waals surface area contributed by atoms with Gasteiger partial charge in [0, 0.05) is 48.1 Å². The van der Waals surface area contributed by atoms with Crippen molar-refractivity contribution < 1.29 is 0 Å². The van der Waals surface area contributed by atoms with Crippen LogP contribution >= 0.6 is 58.0 Å². The molecule has 0 aliphatic heterocycles. The van der Waals surface area contributed by atoms with E-state index in [0.29, 0.717) is 0 Å². The summed E-state index contributed by atoms with van der Waals surface area (Å²) in [7, 11) is 0. The van der Waals surface area contributed by atoms with Crippen LogP contribution in [0.3, 0.4) is 0 Å². The molecule has 0 aromatic carbocycles. The van der Waals surface area contributed by atoms with Gasteiger partial charge in [-0.3, -0.25) is 4.99 Å². The maximum Gasteiger partial charge on any atom is 0.191 e. The normalized spacial score (nSPS) is 11.3. The SMILES string of the molecule is CCNC(=NCCc1ccc(-c2csc(C)n2)s1)NCCc1csc(C)n1.I. The van der Waals surface area contributed by atoms with Crippen LogP contribution in [0.4, 0.5) is 0 Å². The molecule has 3 rings (SSSR count). The molecule has 0 saturated carbocycles. The van der Waals surface area contributed by atoms with Gasteiger partial charge in [-0.2, -0.15) is 0 Å². The van der Waals surface area contributed by atoms with E-state index in [0.717, 1.165) is 59.8 Å². The van der Waals surface area contributed by atoms with Crippen LogP contribution in [-0.4, -0.2) is 35.6 Å². The van der Waals surface area contributed by atoms with Crippen molar-refractivity contribution in [2.45, 2.75) is 33.6 Å². The van der Waals surface area contributed by atoms with Gasteiger partial charge in [-0.05, 0) is 32.9 Å². The topological polar surface area (TPSA) is 62.2 Å². The predicted molar refractivity (Wildman–Crippen MR) is 134 cm³/mol. The lowest BCUT2D eigenvalue weighted by Gasteiger charge is -2.10. The summed E-state index contributed by atoms with van der Waals surface area (Å²) in [6.07, 6.45) is 1.85. The van der Waals surface area contributed by atoms with Crippen LogP contribution in [0.5, 0.6) is 0 Å². The number of hydrogen-bond acceptors (Lipinski definition) is 6. The number of aliphatic imine (C=N–C) groups is 1. The zero-order valence-corrected chi connectivity index (χ0v) is 21.1. The second kappa shape index (κ2) is 11.8. The van der Waals surface area contributed by atoms with Crippen LogP contribution in [0, 0.1) is 13.8 Å². The molecule has 5 nitrogen and oxygen atoms in total. The van der Waals surface area contributed by atoms with Crippen molar-refractivity contribution in [3.05, 3.63) is 43.5 Å². The summed E-state index contributed by atoms with van der Waals surface area (Å²) in [5.41, 5.74) is 2.23. The molecule has 28 heavy (non-hydrogen) atoms. The van der Waals surface area contributed by atoms with Crippen LogP contribution in [0.1, 0.15) is 27.5 Å². The number of thiazole rings is 2. The van der Waals surface area contributed by atoms with Gasteiger partial charge >= 0.3 is 0 Å². The number of rotatable bonds is 8. The minimum absolute atomic E-state index is 0. The van der Waals surface area contributed by atoms with E-state index in [4.69, 9.17) is 4.99 Å². The van der Waals surface area contributed by atoms with Crippen molar-refractivity contribution in [3.8, 4) is 10.6 Å². The van der Waals surface area contributed by atoms with E-state index in [1.54, 1.807) is 22.7 Å². The Bertz CT molecular complexity index is 884. The van der Waals surface area contributed by atoms with E-state index in [-0.39, 0.29) is 24.0 Å². The second-order valence-corrected chi connectivity index (χ2v) is 9.36. The van der Waals surface area contributed by atoms with Crippen molar-refractivity contribution >= 4 is 63.9 Å². The van der Waals surface area contributed by atoms with Gasteiger partial charge in [-0.1, -0.05) is 0 Å². The third-order valence-corrected chi connectivity index (χ3v) is 6.61. The van der Waals surface area contributed by atoms with Gasteiger partial charge in [0.1, 0.15) is 0 Å². The molecule has 0 atom stereocenters. The lowest BCUT2D eigenvalue weighted by molar-refractivity contribution is 0.788. The summed E-state index contributed by atoms with van der Waals surface area (Å²) in [4.78, 5) is 16.3. The fourth-order valence-electron chi connectivity index (χ4n) is 2.58. The van der Waals surface area contributed by atoms with Crippen LogP contribution in [0.2, 0.25) is 0 Å². The van der Waals surface area contributed by atoms with E-state index >= 15 is 0 Å². The molecule has 0 amide bonds. The predicted octanol–water partition coefficient (Wildman–Crippen LogP) is 4.90. The van der Waals surface area contributed by atoms with Gasteiger partial charge in [0.15, 0.2) is 5.96 Å². The summed E-state index contributed by atoms with van der Waals surface area (Å²) >= 11 is 5.20. The van der Waals surface area contributed by atoms with Gasteiger partial charge in [-0.25, -0.2) is 9.97 Å². The van der Waals surface area contributed by atoms with Gasteiger partial charge in [0.2, 0.25) is 0 Å². The molecule has 3 aromatic heterocycles. The minimum atomic E-state index is 0. The maximum absolute atomic E-state index is 4.70. The van der Waals surface area contributed by atoms with Crippen molar-refractivity contribution in [1.29, 1.82) is 0 Å². The summed E-state index contributed by atoms with van der Waals surface area (Å²) in [6, 6.07) is 4.35. The van der Waals surface area contributed by atoms with Crippen molar-refractivity contribution in [3.63, 3.8) is 0 Å². The first-order valence-electron chi connectivity index (χ1n) is 9.08. The van der Waals surface area contributed by atoms with Crippen LogP contribution < -0.4 is 10.6 Å². The molecule has 2 N–H and O–H groups in total. The largest absolute Gasteiger partial charge is 0.357 e. The number of nitrogens with one attached hydrogen (secondary N) is 2. The van der Waals surface area contributed by atoms with Crippen LogP contribution in [0.25, 0.3) is 10.6 Å². The Morgan fingerprint density at radius 1 is 1.04 bits per heavy atom. The monoisotopic (exact) mass is 547 g/mol. The van der Waals surface area contributed by atoms with E-state index < -0.39 is 0 Å². The molecule has 0 spiro atoms. The number of nitrogens with zero attached hydrogens (tertiary/aromatic N) is 3. The zero-order valence-electron chi connectivity index (χ0n) is 16.3. The third-order valence-electron chi connectivity index (χ3n) is 3.85. The molecule has 3 aromatic rings. The third kappa shape index (κ3) is 7.09. The van der Waals surface area contributed by atoms with Gasteiger partial charge in [0.25, 0.3) is 0 Å². The Labute approximate surface area is 195 Å². The highest BCUT2D eigenvalue weighted by Crippen LogP contribution is 2.29. The average molecular weight is 548 g/mol. The summed E-state index contributed by atoms with van der Waals surface area (Å²) in [5.74, 6) is 0.872. The van der Waals surface area contributed by atoms with E-state index in [2.05, 4.69) is 50.4 Å². The number of aromatic nitrogens is 2. The Hall–Kier alpha value is -1.04. The molecule has 9 heteroatoms. The fourth-order valence-corrected chi connectivity index (χ4v) is 4.87. The molecule has 0 bridgehead atoms. The van der Waals surface area contributed by atoms with Crippen LogP contribution in [0.15, 0.2) is 27.9 Å². The van der Waals surface area contributed by atoms with Crippen molar-refractivity contribution in [2.75, 3.05) is 19.6 Å². The van der Waals surface area contributed by atoms with E-state index in [1.807, 2.05) is 25.2 Å². The number of halogens is 1. The van der Waals surface area contributed by atoms with Crippen LogP contribution in [-0.2, 0) is 12.8 Å². The van der Waals surface area contributed by atoms with Gasteiger partial charge in [-0.15, -0.1) is 58.0 Å². The minimum Gasteiger partial charge on any atom is -0.357 e. The molecule has 3 heterocycles. The Balaban J connectivity index is 0.00000280. The first-order chi connectivity index (χ1) is 13.1. The molecule has 0 saturated heterocycles. The van der Waals surface area contributed by atoms with Crippen molar-refractivity contribution in [2.24, 2.45) is 4.99 Å². The molecule has 0 radical (unpaired) electrons. The molecule has 0 aliphatic carbocycles. The highest BCUT2D eigenvalue weighted by atomic mass is 127. The first kappa shape index (κ1) is 23.2. The maximum atomic E-state index is 4.70. The fraction of sp³-hybridized carbons (Fsp3) is 0.421. The number of hydrogen-bond donors (Lipinski definition) is 2. The molecule has 0 fully saturated rings. The number of guanidine groups is 1. The summed E-state index contributed by atoms with van der Waals surface area (Å²) in [5, 5.41) is 13.2. The van der Waals surface area contributed by atoms with E-state index in [9.17, 15) is 0 Å². The summed E-state index contributed by atoms with van der Waals surface area (Å²) < 4.78 is 0.